The highest BCUT2D eigenvalue weighted by Crippen LogP contribution is 2.09. The van der Waals surface area contributed by atoms with E-state index in [2.05, 4.69) is 29.8 Å². The lowest BCUT2D eigenvalue weighted by Gasteiger charge is -2.04. The molecular weight excluding hydrogens is 312 g/mol. The van der Waals surface area contributed by atoms with Crippen LogP contribution in [0.25, 0.3) is 0 Å². The minimum absolute atomic E-state index is 0.101. The summed E-state index contributed by atoms with van der Waals surface area (Å²) in [6.07, 6.45) is 6.98. The average Bonchev–Trinajstić information content (AvgIpc) is 2.39. The summed E-state index contributed by atoms with van der Waals surface area (Å²) in [6.45, 7) is 4.91. The van der Waals surface area contributed by atoms with E-state index in [1.165, 1.54) is 0 Å². The fraction of sp³-hybridized carbons (Fsp3) is 0.714. The van der Waals surface area contributed by atoms with Crippen LogP contribution >= 0.6 is 15.9 Å². The van der Waals surface area contributed by atoms with E-state index in [-0.39, 0.29) is 4.48 Å². The molecule has 0 aliphatic carbocycles. The molecule has 0 aromatic carbocycles. The number of hydrogen-bond donors (Lipinski definition) is 0. The van der Waals surface area contributed by atoms with Crippen LogP contribution in [0.2, 0.25) is 0 Å². The second-order valence-electron chi connectivity index (χ2n) is 4.21. The van der Waals surface area contributed by atoms with Gasteiger partial charge in [0.05, 0.1) is 13.2 Å². The van der Waals surface area contributed by atoms with Crippen molar-refractivity contribution in [2.24, 2.45) is 0 Å². The van der Waals surface area contributed by atoms with Gasteiger partial charge in [0.25, 0.3) is 0 Å². The summed E-state index contributed by atoms with van der Waals surface area (Å²) in [7, 11) is 0. The number of unbranched alkanes of at least 4 members (excludes halogenated alkanes) is 4. The van der Waals surface area contributed by atoms with Crippen LogP contribution in [0.1, 0.15) is 52.4 Å². The normalized spacial score (nSPS) is 11.2. The molecule has 0 saturated carbocycles. The maximum Gasteiger partial charge on any atom is 0.345 e. The molecule has 0 aromatic rings. The molecule has 0 bridgehead atoms. The van der Waals surface area contributed by atoms with Crippen LogP contribution in [-0.4, -0.2) is 25.2 Å². The van der Waals surface area contributed by atoms with E-state index in [0.717, 1.165) is 44.6 Å². The molecule has 0 radical (unpaired) electrons. The molecule has 0 aliphatic rings. The predicted molar refractivity (Wildman–Crippen MR) is 78.0 cm³/mol. The van der Waals surface area contributed by atoms with E-state index in [9.17, 15) is 9.59 Å². The van der Waals surface area contributed by atoms with Crippen LogP contribution in [0.15, 0.2) is 10.6 Å². The highest BCUT2D eigenvalue weighted by atomic mass is 79.9. The number of carbonyl (C=O) groups is 2. The van der Waals surface area contributed by atoms with E-state index in [4.69, 9.17) is 9.47 Å². The summed E-state index contributed by atoms with van der Waals surface area (Å²) in [6, 6.07) is 0. The second kappa shape index (κ2) is 12.2. The molecule has 0 spiro atoms. The van der Waals surface area contributed by atoms with Crippen molar-refractivity contribution in [3.8, 4) is 0 Å². The molecule has 0 aromatic heterocycles. The van der Waals surface area contributed by atoms with Crippen LogP contribution in [0, 0.1) is 0 Å². The number of esters is 2. The van der Waals surface area contributed by atoms with Gasteiger partial charge in [0.1, 0.15) is 4.48 Å². The van der Waals surface area contributed by atoms with Gasteiger partial charge in [-0.05, 0) is 28.8 Å². The molecule has 0 N–H and O–H groups in total. The van der Waals surface area contributed by atoms with Crippen LogP contribution < -0.4 is 0 Å². The Morgan fingerprint density at radius 2 is 1.47 bits per heavy atom. The first-order valence-corrected chi connectivity index (χ1v) is 7.62. The van der Waals surface area contributed by atoms with Gasteiger partial charge >= 0.3 is 11.9 Å². The highest BCUT2D eigenvalue weighted by molar-refractivity contribution is 9.12. The van der Waals surface area contributed by atoms with Gasteiger partial charge in [0, 0.05) is 6.08 Å². The van der Waals surface area contributed by atoms with Crippen molar-refractivity contribution in [3.63, 3.8) is 0 Å². The lowest BCUT2D eigenvalue weighted by atomic mass is 10.3. The van der Waals surface area contributed by atoms with Crippen molar-refractivity contribution in [1.82, 2.24) is 0 Å². The molecule has 0 rings (SSSR count). The summed E-state index contributed by atoms with van der Waals surface area (Å²) in [5, 5.41) is 0. The number of halogens is 1. The zero-order chi connectivity index (χ0) is 14.5. The third kappa shape index (κ3) is 10.7. The van der Waals surface area contributed by atoms with Gasteiger partial charge in [-0.3, -0.25) is 0 Å². The van der Waals surface area contributed by atoms with E-state index in [0.29, 0.717) is 13.2 Å². The smallest absolute Gasteiger partial charge is 0.345 e. The first-order valence-electron chi connectivity index (χ1n) is 6.82. The second-order valence-corrected chi connectivity index (χ2v) is 5.06. The molecule has 0 atom stereocenters. The monoisotopic (exact) mass is 334 g/mol. The molecular formula is C14H23BrO4. The maximum atomic E-state index is 11.5. The van der Waals surface area contributed by atoms with Gasteiger partial charge in [-0.1, -0.05) is 39.5 Å². The highest BCUT2D eigenvalue weighted by Gasteiger charge is 2.10. The molecule has 0 amide bonds. The van der Waals surface area contributed by atoms with Crippen molar-refractivity contribution < 1.29 is 19.1 Å². The third-order valence-corrected chi connectivity index (χ3v) is 2.97. The third-order valence-electron chi connectivity index (χ3n) is 2.41. The first kappa shape index (κ1) is 18.2. The van der Waals surface area contributed by atoms with Crippen LogP contribution in [0.3, 0.4) is 0 Å². The van der Waals surface area contributed by atoms with Crippen LogP contribution in [-0.2, 0) is 19.1 Å². The summed E-state index contributed by atoms with van der Waals surface area (Å²) < 4.78 is 10.0. The Morgan fingerprint density at radius 3 is 2.00 bits per heavy atom. The van der Waals surface area contributed by atoms with E-state index < -0.39 is 11.9 Å². The number of ether oxygens (including phenoxy) is 2. The number of carbonyl (C=O) groups excluding carboxylic acids is 2. The van der Waals surface area contributed by atoms with Gasteiger partial charge in [0.15, 0.2) is 0 Å². The van der Waals surface area contributed by atoms with E-state index >= 15 is 0 Å². The lowest BCUT2D eigenvalue weighted by Crippen LogP contribution is -2.09. The maximum absolute atomic E-state index is 11.5. The molecule has 0 unspecified atom stereocenters. The lowest BCUT2D eigenvalue weighted by molar-refractivity contribution is -0.140. The molecule has 4 nitrogen and oxygen atoms in total. The van der Waals surface area contributed by atoms with Crippen molar-refractivity contribution in [1.29, 1.82) is 0 Å². The Morgan fingerprint density at radius 1 is 0.947 bits per heavy atom. The van der Waals surface area contributed by atoms with Crippen LogP contribution in [0.5, 0.6) is 0 Å². The summed E-state index contributed by atoms with van der Waals surface area (Å²) in [5.74, 6) is -1.05. The average molecular weight is 335 g/mol. The van der Waals surface area contributed by atoms with Gasteiger partial charge in [-0.2, -0.15) is 0 Å². The molecule has 0 saturated heterocycles. The van der Waals surface area contributed by atoms with Crippen molar-refractivity contribution >= 4 is 27.9 Å². The molecule has 110 valence electrons. The standard InChI is InChI=1S/C14H23BrO4/c1-3-5-7-9-18-13(16)11-12(15)14(17)19-10-8-6-4-2/h11H,3-10H2,1-2H3/b12-11-. The Bertz CT molecular complexity index is 300. The molecule has 5 heteroatoms. The Hall–Kier alpha value is -0.840. The Balaban J connectivity index is 3.88. The van der Waals surface area contributed by atoms with Gasteiger partial charge in [-0.25, -0.2) is 9.59 Å². The molecule has 0 heterocycles. The first-order chi connectivity index (χ1) is 9.11. The summed E-state index contributed by atoms with van der Waals surface area (Å²) in [4.78, 5) is 22.8. The zero-order valence-corrected chi connectivity index (χ0v) is 13.3. The zero-order valence-electron chi connectivity index (χ0n) is 11.7. The van der Waals surface area contributed by atoms with Crippen molar-refractivity contribution in [2.75, 3.05) is 13.2 Å². The Kier molecular flexibility index (Phi) is 11.7. The van der Waals surface area contributed by atoms with Gasteiger partial charge < -0.3 is 9.47 Å². The predicted octanol–water partition coefficient (Wildman–Crippen LogP) is 3.73. The molecule has 0 aliphatic heterocycles. The van der Waals surface area contributed by atoms with E-state index in [1.54, 1.807) is 0 Å². The largest absolute Gasteiger partial charge is 0.462 e. The van der Waals surface area contributed by atoms with Crippen molar-refractivity contribution in [3.05, 3.63) is 10.6 Å². The summed E-state index contributed by atoms with van der Waals surface area (Å²) in [5.41, 5.74) is 0. The SMILES string of the molecule is CCCCCOC(=O)/C=C(\Br)C(=O)OCCCCC. The number of hydrogen-bond acceptors (Lipinski definition) is 4. The van der Waals surface area contributed by atoms with Gasteiger partial charge in [0.2, 0.25) is 0 Å². The Labute approximate surface area is 123 Å². The fourth-order valence-corrected chi connectivity index (χ4v) is 1.62. The topological polar surface area (TPSA) is 52.6 Å². The van der Waals surface area contributed by atoms with Crippen LogP contribution in [0.4, 0.5) is 0 Å². The molecule has 19 heavy (non-hydrogen) atoms. The van der Waals surface area contributed by atoms with E-state index in [1.807, 2.05) is 0 Å². The number of rotatable bonds is 10. The minimum Gasteiger partial charge on any atom is -0.462 e. The van der Waals surface area contributed by atoms with Crippen molar-refractivity contribution in [2.45, 2.75) is 52.4 Å². The molecule has 0 fully saturated rings. The van der Waals surface area contributed by atoms with Gasteiger partial charge in [-0.15, -0.1) is 0 Å². The fourth-order valence-electron chi connectivity index (χ4n) is 1.31. The minimum atomic E-state index is -0.526. The quantitative estimate of drug-likeness (QED) is 0.347. The summed E-state index contributed by atoms with van der Waals surface area (Å²) >= 11 is 3.02.